The minimum Gasteiger partial charge on any atom is -0.486 e. The Morgan fingerprint density at radius 2 is 2.08 bits per heavy atom. The molecule has 0 spiro atoms. The third-order valence-corrected chi connectivity index (χ3v) is 6.02. The lowest BCUT2D eigenvalue weighted by Crippen LogP contribution is -2.37. The van der Waals surface area contributed by atoms with Gasteiger partial charge in [-0.1, -0.05) is 6.42 Å². The number of nitrogens with zero attached hydrogens (tertiary/aromatic N) is 1. The molecule has 2 heterocycles. The molecule has 0 radical (unpaired) electrons. The molecule has 1 saturated carbocycles. The molecule has 0 bridgehead atoms. The first-order chi connectivity index (χ1) is 11.5. The van der Waals surface area contributed by atoms with Crippen molar-refractivity contribution in [2.45, 2.75) is 19.3 Å². The maximum absolute atomic E-state index is 12.9. The average molecular weight is 396 g/mol. The van der Waals surface area contributed by atoms with Crippen molar-refractivity contribution in [2.75, 3.05) is 26.3 Å². The lowest BCUT2D eigenvalue weighted by Gasteiger charge is -2.24. The van der Waals surface area contributed by atoms with Crippen LogP contribution in [0.2, 0.25) is 0 Å². The number of fused-ring (bicyclic) bond motifs is 2. The Morgan fingerprint density at radius 3 is 2.83 bits per heavy atom. The molecule has 1 aromatic rings. The van der Waals surface area contributed by atoms with Crippen LogP contribution in [0, 0.1) is 11.3 Å². The summed E-state index contributed by atoms with van der Waals surface area (Å²) in [6.07, 6.45) is 2.46. The summed E-state index contributed by atoms with van der Waals surface area (Å²) in [4.78, 5) is 26.3. The second-order valence-corrected chi connectivity index (χ2v) is 7.57. The summed E-state index contributed by atoms with van der Waals surface area (Å²) < 4.78 is 11.8. The molecule has 4 rings (SSSR count). The molecule has 0 aromatic heterocycles. The monoisotopic (exact) mass is 395 g/mol. The van der Waals surface area contributed by atoms with E-state index >= 15 is 0 Å². The van der Waals surface area contributed by atoms with Crippen molar-refractivity contribution >= 4 is 27.8 Å². The minimum atomic E-state index is -0.774. The predicted molar refractivity (Wildman–Crippen MR) is 88.4 cm³/mol. The number of likely N-dealkylation sites (tertiary alicyclic amines) is 1. The van der Waals surface area contributed by atoms with Gasteiger partial charge >= 0.3 is 5.97 Å². The van der Waals surface area contributed by atoms with E-state index in [-0.39, 0.29) is 18.4 Å². The standard InChI is InChI=1S/C17H18BrNO5/c18-12-6-10(7-13-14(12)24-5-4-23-13)15(20)19-8-11-2-1-3-17(11,9-19)16(21)22/h6-7,11H,1-5,8-9H2,(H,21,22)/t11-,17+/m0/s1. The first-order valence-electron chi connectivity index (χ1n) is 8.13. The van der Waals surface area contributed by atoms with Crippen LogP contribution >= 0.6 is 15.9 Å². The summed E-state index contributed by atoms with van der Waals surface area (Å²) in [7, 11) is 0. The Labute approximate surface area is 147 Å². The van der Waals surface area contributed by atoms with Gasteiger partial charge in [-0.2, -0.15) is 0 Å². The van der Waals surface area contributed by atoms with E-state index in [1.54, 1.807) is 17.0 Å². The average Bonchev–Trinajstić information content (AvgIpc) is 3.12. The van der Waals surface area contributed by atoms with Gasteiger partial charge in [0.25, 0.3) is 5.91 Å². The van der Waals surface area contributed by atoms with Crippen molar-refractivity contribution in [2.24, 2.45) is 11.3 Å². The van der Waals surface area contributed by atoms with Crippen molar-refractivity contribution < 1.29 is 24.2 Å². The topological polar surface area (TPSA) is 76.1 Å². The molecular formula is C17H18BrNO5. The minimum absolute atomic E-state index is 0.0552. The van der Waals surface area contributed by atoms with Crippen LogP contribution in [0.3, 0.4) is 0 Å². The quantitative estimate of drug-likeness (QED) is 0.832. The largest absolute Gasteiger partial charge is 0.486 e. The molecule has 128 valence electrons. The van der Waals surface area contributed by atoms with Gasteiger partial charge in [0, 0.05) is 18.7 Å². The smallest absolute Gasteiger partial charge is 0.311 e. The normalized spacial score (nSPS) is 27.9. The zero-order valence-corrected chi connectivity index (χ0v) is 14.7. The molecule has 2 fully saturated rings. The number of hydrogen-bond acceptors (Lipinski definition) is 4. The number of aliphatic carboxylic acids is 1. The third kappa shape index (κ3) is 2.29. The number of carbonyl (C=O) groups is 2. The number of rotatable bonds is 2. The van der Waals surface area contributed by atoms with E-state index in [0.717, 1.165) is 12.8 Å². The van der Waals surface area contributed by atoms with Gasteiger partial charge in [0.15, 0.2) is 11.5 Å². The summed E-state index contributed by atoms with van der Waals surface area (Å²) in [6.45, 7) is 1.73. The van der Waals surface area contributed by atoms with Crippen LogP contribution in [0.25, 0.3) is 0 Å². The Bertz CT molecular complexity index is 721. The number of hydrogen-bond donors (Lipinski definition) is 1. The maximum Gasteiger partial charge on any atom is 0.311 e. The van der Waals surface area contributed by atoms with Gasteiger partial charge in [0.1, 0.15) is 13.2 Å². The van der Waals surface area contributed by atoms with E-state index < -0.39 is 11.4 Å². The van der Waals surface area contributed by atoms with Gasteiger partial charge in [-0.15, -0.1) is 0 Å². The maximum atomic E-state index is 12.9. The van der Waals surface area contributed by atoms with Gasteiger partial charge in [-0.3, -0.25) is 9.59 Å². The number of carboxylic acids is 1. The fourth-order valence-corrected chi connectivity index (χ4v) is 4.77. The Morgan fingerprint density at radius 1 is 1.29 bits per heavy atom. The molecule has 1 aliphatic carbocycles. The highest BCUT2D eigenvalue weighted by atomic mass is 79.9. The predicted octanol–water partition coefficient (Wildman–Crippen LogP) is 2.55. The fraction of sp³-hybridized carbons (Fsp3) is 0.529. The molecule has 2 atom stereocenters. The number of amides is 1. The Balaban J connectivity index is 1.61. The van der Waals surface area contributed by atoms with E-state index in [1.807, 2.05) is 0 Å². The lowest BCUT2D eigenvalue weighted by atomic mass is 9.81. The van der Waals surface area contributed by atoms with Crippen LogP contribution < -0.4 is 9.47 Å². The number of ether oxygens (including phenoxy) is 2. The van der Waals surface area contributed by atoms with Crippen LogP contribution in [0.1, 0.15) is 29.6 Å². The van der Waals surface area contributed by atoms with Crippen molar-refractivity contribution in [3.8, 4) is 11.5 Å². The fourth-order valence-electron chi connectivity index (χ4n) is 4.21. The van der Waals surface area contributed by atoms with E-state index in [2.05, 4.69) is 15.9 Å². The molecule has 24 heavy (non-hydrogen) atoms. The summed E-state index contributed by atoms with van der Waals surface area (Å²) in [6, 6.07) is 3.40. The van der Waals surface area contributed by atoms with Crippen molar-refractivity contribution in [3.63, 3.8) is 0 Å². The van der Waals surface area contributed by atoms with Gasteiger partial charge < -0.3 is 19.5 Å². The van der Waals surface area contributed by atoms with Crippen LogP contribution in [-0.2, 0) is 4.79 Å². The van der Waals surface area contributed by atoms with Crippen LogP contribution in [0.5, 0.6) is 11.5 Å². The van der Waals surface area contributed by atoms with Crippen molar-refractivity contribution in [1.29, 1.82) is 0 Å². The Kier molecular flexibility index (Phi) is 3.71. The number of benzene rings is 1. The van der Waals surface area contributed by atoms with Gasteiger partial charge in [0.05, 0.1) is 9.89 Å². The second-order valence-electron chi connectivity index (χ2n) is 6.72. The first-order valence-corrected chi connectivity index (χ1v) is 8.92. The van der Waals surface area contributed by atoms with Gasteiger partial charge in [-0.05, 0) is 46.8 Å². The summed E-state index contributed by atoms with van der Waals surface area (Å²) in [5, 5.41) is 9.66. The molecule has 3 aliphatic rings. The number of halogens is 1. The molecule has 1 saturated heterocycles. The summed E-state index contributed by atoms with van der Waals surface area (Å²) in [5.41, 5.74) is -0.271. The van der Waals surface area contributed by atoms with Crippen LogP contribution in [0.15, 0.2) is 16.6 Å². The third-order valence-electron chi connectivity index (χ3n) is 5.43. The molecule has 7 heteroatoms. The highest BCUT2D eigenvalue weighted by molar-refractivity contribution is 9.10. The molecule has 2 aliphatic heterocycles. The SMILES string of the molecule is O=C(c1cc(Br)c2c(c1)OCCO2)N1C[C@@H]2CCC[C@@]2(C(=O)O)C1. The van der Waals surface area contributed by atoms with E-state index in [1.165, 1.54) is 0 Å². The van der Waals surface area contributed by atoms with E-state index in [0.29, 0.717) is 47.7 Å². The molecule has 1 N–H and O–H groups in total. The van der Waals surface area contributed by atoms with Crippen molar-refractivity contribution in [1.82, 2.24) is 4.90 Å². The van der Waals surface area contributed by atoms with E-state index in [4.69, 9.17) is 9.47 Å². The zero-order valence-electron chi connectivity index (χ0n) is 13.1. The number of carboxylic acid groups (broad SMARTS) is 1. The molecule has 6 nitrogen and oxygen atoms in total. The summed E-state index contributed by atoms with van der Waals surface area (Å²) >= 11 is 3.42. The molecule has 1 aromatic carbocycles. The highest BCUT2D eigenvalue weighted by Gasteiger charge is 2.55. The van der Waals surface area contributed by atoms with Crippen molar-refractivity contribution in [3.05, 3.63) is 22.2 Å². The zero-order chi connectivity index (χ0) is 16.9. The molecular weight excluding hydrogens is 378 g/mol. The highest BCUT2D eigenvalue weighted by Crippen LogP contribution is 2.49. The number of carbonyl (C=O) groups excluding carboxylic acids is 1. The van der Waals surface area contributed by atoms with Crippen LogP contribution in [-0.4, -0.2) is 48.2 Å². The van der Waals surface area contributed by atoms with Gasteiger partial charge in [0.2, 0.25) is 0 Å². The Hall–Kier alpha value is -1.76. The van der Waals surface area contributed by atoms with Crippen LogP contribution in [0.4, 0.5) is 0 Å². The lowest BCUT2D eigenvalue weighted by molar-refractivity contribution is -0.149. The molecule has 1 amide bonds. The van der Waals surface area contributed by atoms with Gasteiger partial charge in [-0.25, -0.2) is 0 Å². The summed E-state index contributed by atoms with van der Waals surface area (Å²) in [5.74, 6) is 0.287. The van der Waals surface area contributed by atoms with E-state index in [9.17, 15) is 14.7 Å². The molecule has 0 unspecified atom stereocenters. The second kappa shape index (κ2) is 5.65. The first kappa shape index (κ1) is 15.7.